The van der Waals surface area contributed by atoms with Gasteiger partial charge in [0.1, 0.15) is 6.04 Å². The summed E-state index contributed by atoms with van der Waals surface area (Å²) in [5.41, 5.74) is 0. The third-order valence-corrected chi connectivity index (χ3v) is 5.00. The summed E-state index contributed by atoms with van der Waals surface area (Å²) >= 11 is 0. The second-order valence-electron chi connectivity index (χ2n) is 4.48. The molecule has 1 fully saturated rings. The minimum atomic E-state index is -4.28. The number of piperidine rings is 1. The van der Waals surface area contributed by atoms with Crippen LogP contribution in [0.25, 0.3) is 0 Å². The van der Waals surface area contributed by atoms with Gasteiger partial charge in [-0.25, -0.2) is 0 Å². The van der Waals surface area contributed by atoms with Gasteiger partial charge in [-0.2, -0.15) is 30.6 Å². The van der Waals surface area contributed by atoms with E-state index in [1.54, 1.807) is 13.8 Å². The standard InChI is InChI=1S/C10H20F3N3O2S/c1-3-16(4-2)19(17,18)15-8-5-6-9(14-7-8)10(11,12)13/h8-9,14-15H,3-7H2,1-2H3. The number of hydrogen-bond donors (Lipinski definition) is 2. The smallest absolute Gasteiger partial charge is 0.305 e. The highest BCUT2D eigenvalue weighted by molar-refractivity contribution is 7.87. The number of rotatable bonds is 5. The molecule has 2 unspecified atom stereocenters. The molecule has 0 radical (unpaired) electrons. The molecule has 1 aliphatic heterocycles. The molecule has 9 heteroatoms. The molecule has 0 saturated carbocycles. The van der Waals surface area contributed by atoms with Crippen molar-refractivity contribution in [1.82, 2.24) is 14.3 Å². The number of nitrogens with one attached hydrogen (secondary N) is 2. The van der Waals surface area contributed by atoms with Gasteiger partial charge in [0.25, 0.3) is 10.2 Å². The lowest BCUT2D eigenvalue weighted by Crippen LogP contribution is -2.56. The number of alkyl halides is 3. The van der Waals surface area contributed by atoms with Crippen molar-refractivity contribution in [2.24, 2.45) is 0 Å². The van der Waals surface area contributed by atoms with E-state index in [1.807, 2.05) is 0 Å². The minimum absolute atomic E-state index is 0.00925. The summed E-state index contributed by atoms with van der Waals surface area (Å²) < 4.78 is 64.8. The topological polar surface area (TPSA) is 61.4 Å². The molecule has 1 rings (SSSR count). The third kappa shape index (κ3) is 4.59. The Kier molecular flexibility index (Phi) is 5.60. The maximum atomic E-state index is 12.4. The molecule has 0 aromatic heterocycles. The van der Waals surface area contributed by atoms with Crippen molar-refractivity contribution in [3.8, 4) is 0 Å². The van der Waals surface area contributed by atoms with Gasteiger partial charge in [0.2, 0.25) is 0 Å². The first-order valence-corrected chi connectivity index (χ1v) is 7.72. The van der Waals surface area contributed by atoms with E-state index < -0.39 is 28.5 Å². The molecular formula is C10H20F3N3O2S. The highest BCUT2D eigenvalue weighted by Gasteiger charge is 2.42. The van der Waals surface area contributed by atoms with Crippen LogP contribution in [0.5, 0.6) is 0 Å². The Bertz CT molecular complexity index is 374. The SMILES string of the molecule is CCN(CC)S(=O)(=O)NC1CCC(C(F)(F)F)NC1. The van der Waals surface area contributed by atoms with Crippen LogP contribution in [-0.4, -0.2) is 50.6 Å². The van der Waals surface area contributed by atoms with Gasteiger partial charge in [-0.15, -0.1) is 0 Å². The van der Waals surface area contributed by atoms with Crippen molar-refractivity contribution in [2.75, 3.05) is 19.6 Å². The molecule has 0 spiro atoms. The van der Waals surface area contributed by atoms with Gasteiger partial charge in [-0.05, 0) is 12.8 Å². The second kappa shape index (κ2) is 6.38. The van der Waals surface area contributed by atoms with E-state index in [-0.39, 0.29) is 19.4 Å². The normalized spacial score (nSPS) is 25.8. The molecule has 2 N–H and O–H groups in total. The number of hydrogen-bond acceptors (Lipinski definition) is 3. The van der Waals surface area contributed by atoms with Gasteiger partial charge >= 0.3 is 6.18 Å². The predicted octanol–water partition coefficient (Wildman–Crippen LogP) is 0.845. The summed E-state index contributed by atoms with van der Waals surface area (Å²) in [5.74, 6) is 0. The molecule has 5 nitrogen and oxygen atoms in total. The molecule has 0 aromatic rings. The van der Waals surface area contributed by atoms with Gasteiger partial charge in [0.05, 0.1) is 0 Å². The molecular weight excluding hydrogens is 283 g/mol. The van der Waals surface area contributed by atoms with Crippen LogP contribution in [0.4, 0.5) is 13.2 Å². The highest BCUT2D eigenvalue weighted by Crippen LogP contribution is 2.26. The monoisotopic (exact) mass is 303 g/mol. The zero-order valence-electron chi connectivity index (χ0n) is 11.0. The quantitative estimate of drug-likeness (QED) is 0.791. The molecule has 0 amide bonds. The van der Waals surface area contributed by atoms with E-state index in [9.17, 15) is 21.6 Å². The molecule has 2 atom stereocenters. The number of halogens is 3. The Labute approximate surface area is 111 Å². The summed E-state index contributed by atoms with van der Waals surface area (Å²) in [6.07, 6.45) is -4.21. The van der Waals surface area contributed by atoms with Crippen LogP contribution in [0.15, 0.2) is 0 Å². The second-order valence-corrected chi connectivity index (χ2v) is 6.19. The Morgan fingerprint density at radius 1 is 1.26 bits per heavy atom. The van der Waals surface area contributed by atoms with Crippen molar-refractivity contribution in [3.63, 3.8) is 0 Å². The van der Waals surface area contributed by atoms with Crippen molar-refractivity contribution in [2.45, 2.75) is 44.9 Å². The first-order chi connectivity index (χ1) is 8.70. The van der Waals surface area contributed by atoms with Crippen molar-refractivity contribution < 1.29 is 21.6 Å². The van der Waals surface area contributed by atoms with Gasteiger partial charge in [-0.3, -0.25) is 0 Å². The molecule has 0 aliphatic carbocycles. The van der Waals surface area contributed by atoms with Crippen LogP contribution in [0, 0.1) is 0 Å². The molecule has 19 heavy (non-hydrogen) atoms. The van der Waals surface area contributed by atoms with Crippen LogP contribution in [0.2, 0.25) is 0 Å². The molecule has 1 aliphatic rings. The van der Waals surface area contributed by atoms with E-state index in [1.165, 1.54) is 4.31 Å². The van der Waals surface area contributed by atoms with E-state index in [0.717, 1.165) is 0 Å². The van der Waals surface area contributed by atoms with E-state index in [0.29, 0.717) is 13.1 Å². The first kappa shape index (κ1) is 16.7. The van der Waals surface area contributed by atoms with E-state index in [2.05, 4.69) is 10.0 Å². The zero-order chi connectivity index (χ0) is 14.7. The molecule has 0 bridgehead atoms. The summed E-state index contributed by atoms with van der Waals surface area (Å²) in [5, 5.41) is 2.34. The van der Waals surface area contributed by atoms with Gasteiger partial charge in [0, 0.05) is 25.7 Å². The Morgan fingerprint density at radius 2 is 1.84 bits per heavy atom. The fourth-order valence-corrected chi connectivity index (χ4v) is 3.54. The Morgan fingerprint density at radius 3 is 2.21 bits per heavy atom. The van der Waals surface area contributed by atoms with Crippen molar-refractivity contribution in [1.29, 1.82) is 0 Å². The Balaban J connectivity index is 2.54. The maximum absolute atomic E-state index is 12.4. The lowest BCUT2D eigenvalue weighted by atomic mass is 10.0. The molecule has 1 saturated heterocycles. The van der Waals surface area contributed by atoms with Gasteiger partial charge < -0.3 is 5.32 Å². The van der Waals surface area contributed by atoms with Crippen LogP contribution < -0.4 is 10.0 Å². The predicted molar refractivity (Wildman–Crippen MR) is 65.8 cm³/mol. The summed E-state index contributed by atoms with van der Waals surface area (Å²) in [7, 11) is -3.61. The number of nitrogens with zero attached hydrogens (tertiary/aromatic N) is 1. The zero-order valence-corrected chi connectivity index (χ0v) is 11.8. The van der Waals surface area contributed by atoms with E-state index >= 15 is 0 Å². The average Bonchev–Trinajstić information content (AvgIpc) is 2.29. The molecule has 1 heterocycles. The summed E-state index contributed by atoms with van der Waals surface area (Å²) in [6.45, 7) is 4.07. The van der Waals surface area contributed by atoms with Crippen LogP contribution >= 0.6 is 0 Å². The summed E-state index contributed by atoms with van der Waals surface area (Å²) in [6, 6.07) is -2.04. The van der Waals surface area contributed by atoms with Gasteiger partial charge in [0.15, 0.2) is 0 Å². The van der Waals surface area contributed by atoms with E-state index in [4.69, 9.17) is 0 Å². The summed E-state index contributed by atoms with van der Waals surface area (Å²) in [4.78, 5) is 0. The van der Waals surface area contributed by atoms with Crippen LogP contribution in [0.3, 0.4) is 0 Å². The molecule has 0 aromatic carbocycles. The largest absolute Gasteiger partial charge is 0.403 e. The van der Waals surface area contributed by atoms with Crippen molar-refractivity contribution in [3.05, 3.63) is 0 Å². The fourth-order valence-electron chi connectivity index (χ4n) is 2.09. The average molecular weight is 303 g/mol. The first-order valence-electron chi connectivity index (χ1n) is 6.28. The lowest BCUT2D eigenvalue weighted by Gasteiger charge is -2.32. The Hall–Kier alpha value is -0.380. The van der Waals surface area contributed by atoms with Crippen molar-refractivity contribution >= 4 is 10.2 Å². The maximum Gasteiger partial charge on any atom is 0.403 e. The molecule has 114 valence electrons. The fraction of sp³-hybridized carbons (Fsp3) is 1.00. The minimum Gasteiger partial charge on any atom is -0.305 e. The van der Waals surface area contributed by atoms with Crippen LogP contribution in [0.1, 0.15) is 26.7 Å². The highest BCUT2D eigenvalue weighted by atomic mass is 32.2. The van der Waals surface area contributed by atoms with Gasteiger partial charge in [-0.1, -0.05) is 13.8 Å². The lowest BCUT2D eigenvalue weighted by molar-refractivity contribution is -0.160. The third-order valence-electron chi connectivity index (χ3n) is 3.17. The van der Waals surface area contributed by atoms with Crippen LogP contribution in [-0.2, 0) is 10.2 Å².